The van der Waals surface area contributed by atoms with Gasteiger partial charge in [-0.15, -0.1) is 0 Å². The van der Waals surface area contributed by atoms with Gasteiger partial charge in [0.05, 0.1) is 6.42 Å². The van der Waals surface area contributed by atoms with E-state index >= 15 is 0 Å². The molecule has 3 N–H and O–H groups in total. The van der Waals surface area contributed by atoms with Crippen LogP contribution < -0.4 is 11.3 Å². The zero-order valence-electron chi connectivity index (χ0n) is 13.6. The molecule has 2 aromatic heterocycles. The van der Waals surface area contributed by atoms with Gasteiger partial charge in [-0.2, -0.15) is 0 Å². The fourth-order valence-electron chi connectivity index (χ4n) is 3.37. The molecule has 1 amide bonds. The zero-order chi connectivity index (χ0) is 16.6. The number of amides is 1. The SMILES string of the molecule is Cc1nc2cc[nH]n2c(=O)c1CC(=O)N1CCC(C)CC1CN. The summed E-state index contributed by atoms with van der Waals surface area (Å²) in [5.74, 6) is 0.540. The molecule has 0 spiro atoms. The van der Waals surface area contributed by atoms with Crippen LogP contribution in [0.4, 0.5) is 0 Å². The Morgan fingerprint density at radius 3 is 3.04 bits per heavy atom. The minimum Gasteiger partial charge on any atom is -0.338 e. The fraction of sp³-hybridized carbons (Fsp3) is 0.562. The summed E-state index contributed by atoms with van der Waals surface area (Å²) in [5, 5.41) is 2.83. The van der Waals surface area contributed by atoms with E-state index in [4.69, 9.17) is 5.73 Å². The Bertz CT molecular complexity index is 778. The van der Waals surface area contributed by atoms with E-state index in [9.17, 15) is 9.59 Å². The number of fused-ring (bicyclic) bond motifs is 1. The Balaban J connectivity index is 1.86. The molecule has 7 heteroatoms. The van der Waals surface area contributed by atoms with Gasteiger partial charge in [0.1, 0.15) is 0 Å². The van der Waals surface area contributed by atoms with E-state index in [0.29, 0.717) is 35.9 Å². The van der Waals surface area contributed by atoms with Crippen LogP contribution >= 0.6 is 0 Å². The summed E-state index contributed by atoms with van der Waals surface area (Å²) in [5.41, 5.74) is 7.24. The van der Waals surface area contributed by atoms with Crippen LogP contribution in [0.3, 0.4) is 0 Å². The molecule has 124 valence electrons. The van der Waals surface area contributed by atoms with Crippen LogP contribution in [0, 0.1) is 12.8 Å². The van der Waals surface area contributed by atoms with E-state index in [1.807, 2.05) is 4.90 Å². The Labute approximate surface area is 134 Å². The van der Waals surface area contributed by atoms with Crippen LogP contribution in [0.25, 0.3) is 5.65 Å². The topological polar surface area (TPSA) is 96.5 Å². The molecule has 0 saturated carbocycles. The van der Waals surface area contributed by atoms with Crippen molar-refractivity contribution >= 4 is 11.6 Å². The standard InChI is InChI=1S/C16H23N5O2/c1-10-4-6-20(12(7-10)9-17)15(22)8-13-11(2)19-14-3-5-18-21(14)16(13)23/h3,5,10,12,18H,4,6-9,17H2,1-2H3. The third-order valence-corrected chi connectivity index (χ3v) is 4.74. The summed E-state index contributed by atoms with van der Waals surface area (Å²) >= 11 is 0. The van der Waals surface area contributed by atoms with Gasteiger partial charge in [0.2, 0.25) is 5.91 Å². The molecule has 1 aliphatic rings. The number of H-pyrrole nitrogens is 1. The molecule has 1 saturated heterocycles. The van der Waals surface area contributed by atoms with Gasteiger partial charge in [-0.3, -0.25) is 14.7 Å². The van der Waals surface area contributed by atoms with Crippen molar-refractivity contribution < 1.29 is 4.79 Å². The maximum absolute atomic E-state index is 12.7. The van der Waals surface area contributed by atoms with Gasteiger partial charge in [-0.1, -0.05) is 6.92 Å². The van der Waals surface area contributed by atoms with Gasteiger partial charge in [0.25, 0.3) is 5.56 Å². The van der Waals surface area contributed by atoms with Crippen LogP contribution in [0.15, 0.2) is 17.1 Å². The summed E-state index contributed by atoms with van der Waals surface area (Å²) < 4.78 is 1.37. The van der Waals surface area contributed by atoms with Gasteiger partial charge in [-0.25, -0.2) is 9.50 Å². The van der Waals surface area contributed by atoms with Gasteiger partial charge < -0.3 is 10.6 Å². The number of carbonyl (C=O) groups excluding carboxylic acids is 1. The number of nitrogens with two attached hydrogens (primary N) is 1. The smallest absolute Gasteiger partial charge is 0.276 e. The number of likely N-dealkylation sites (tertiary alicyclic amines) is 1. The number of nitrogens with zero attached hydrogens (tertiary/aromatic N) is 3. The lowest BCUT2D eigenvalue weighted by Gasteiger charge is -2.38. The first-order chi connectivity index (χ1) is 11.0. The number of aryl methyl sites for hydroxylation is 1. The van der Waals surface area contributed by atoms with Gasteiger partial charge in [0, 0.05) is 42.7 Å². The maximum Gasteiger partial charge on any atom is 0.276 e. The number of aromatic amines is 1. The third kappa shape index (κ3) is 2.88. The highest BCUT2D eigenvalue weighted by Crippen LogP contribution is 2.22. The number of hydrogen-bond acceptors (Lipinski definition) is 4. The Morgan fingerprint density at radius 2 is 2.30 bits per heavy atom. The number of hydrogen-bond donors (Lipinski definition) is 2. The number of nitrogens with one attached hydrogen (secondary N) is 1. The van der Waals surface area contributed by atoms with Crippen molar-refractivity contribution in [2.24, 2.45) is 11.7 Å². The minimum absolute atomic E-state index is 0.0409. The lowest BCUT2D eigenvalue weighted by molar-refractivity contribution is -0.134. The Kier molecular flexibility index (Phi) is 4.21. The van der Waals surface area contributed by atoms with Crippen molar-refractivity contribution in [2.75, 3.05) is 13.1 Å². The number of carbonyl (C=O) groups is 1. The molecule has 2 aromatic rings. The molecule has 0 aromatic carbocycles. The first-order valence-corrected chi connectivity index (χ1v) is 8.06. The van der Waals surface area contributed by atoms with Crippen LogP contribution in [0.2, 0.25) is 0 Å². The van der Waals surface area contributed by atoms with E-state index in [2.05, 4.69) is 17.0 Å². The average Bonchev–Trinajstić information content (AvgIpc) is 2.99. The number of rotatable bonds is 3. The molecule has 2 atom stereocenters. The van der Waals surface area contributed by atoms with Crippen LogP contribution in [0.5, 0.6) is 0 Å². The van der Waals surface area contributed by atoms with E-state index in [1.165, 1.54) is 4.52 Å². The van der Waals surface area contributed by atoms with E-state index in [-0.39, 0.29) is 23.9 Å². The van der Waals surface area contributed by atoms with Crippen LogP contribution in [-0.4, -0.2) is 44.5 Å². The first-order valence-electron chi connectivity index (χ1n) is 8.06. The molecular weight excluding hydrogens is 294 g/mol. The van der Waals surface area contributed by atoms with Crippen molar-refractivity contribution in [1.82, 2.24) is 19.5 Å². The van der Waals surface area contributed by atoms with Crippen molar-refractivity contribution in [2.45, 2.75) is 39.2 Å². The van der Waals surface area contributed by atoms with Gasteiger partial charge in [0.15, 0.2) is 5.65 Å². The van der Waals surface area contributed by atoms with Gasteiger partial charge >= 0.3 is 0 Å². The number of aromatic nitrogens is 3. The minimum atomic E-state index is -0.208. The van der Waals surface area contributed by atoms with Crippen molar-refractivity contribution in [3.8, 4) is 0 Å². The monoisotopic (exact) mass is 317 g/mol. The molecular formula is C16H23N5O2. The molecule has 0 radical (unpaired) electrons. The molecule has 3 heterocycles. The Hall–Kier alpha value is -2.15. The molecule has 2 unspecified atom stereocenters. The predicted octanol–water partition coefficient (Wildman–Crippen LogP) is 0.459. The summed E-state index contributed by atoms with van der Waals surface area (Å²) in [6.45, 7) is 5.13. The fourth-order valence-corrected chi connectivity index (χ4v) is 3.37. The average molecular weight is 317 g/mol. The second kappa shape index (κ2) is 6.16. The van der Waals surface area contributed by atoms with E-state index in [0.717, 1.165) is 12.8 Å². The van der Waals surface area contributed by atoms with E-state index < -0.39 is 0 Å². The number of piperidine rings is 1. The lowest BCUT2D eigenvalue weighted by atomic mass is 9.92. The summed E-state index contributed by atoms with van der Waals surface area (Å²) in [6.07, 6.45) is 3.64. The highest BCUT2D eigenvalue weighted by atomic mass is 16.2. The molecule has 23 heavy (non-hydrogen) atoms. The largest absolute Gasteiger partial charge is 0.338 e. The third-order valence-electron chi connectivity index (χ3n) is 4.74. The highest BCUT2D eigenvalue weighted by molar-refractivity contribution is 5.79. The van der Waals surface area contributed by atoms with Crippen molar-refractivity contribution in [3.63, 3.8) is 0 Å². The summed E-state index contributed by atoms with van der Waals surface area (Å²) in [6, 6.07) is 1.80. The quantitative estimate of drug-likeness (QED) is 0.859. The van der Waals surface area contributed by atoms with Gasteiger partial charge in [-0.05, 0) is 25.7 Å². The highest BCUT2D eigenvalue weighted by Gasteiger charge is 2.29. The summed E-state index contributed by atoms with van der Waals surface area (Å²) in [7, 11) is 0. The first kappa shape index (κ1) is 15.7. The summed E-state index contributed by atoms with van der Waals surface area (Å²) in [4.78, 5) is 31.5. The molecule has 0 aliphatic carbocycles. The zero-order valence-corrected chi connectivity index (χ0v) is 13.6. The molecule has 3 rings (SSSR count). The predicted molar refractivity (Wildman–Crippen MR) is 87.2 cm³/mol. The van der Waals surface area contributed by atoms with E-state index in [1.54, 1.807) is 19.2 Å². The second-order valence-corrected chi connectivity index (χ2v) is 6.42. The second-order valence-electron chi connectivity index (χ2n) is 6.42. The van der Waals surface area contributed by atoms with Crippen molar-refractivity contribution in [1.29, 1.82) is 0 Å². The maximum atomic E-state index is 12.7. The van der Waals surface area contributed by atoms with Crippen molar-refractivity contribution in [3.05, 3.63) is 33.9 Å². The molecule has 0 bridgehead atoms. The molecule has 7 nitrogen and oxygen atoms in total. The van der Waals surface area contributed by atoms with Crippen LogP contribution in [0.1, 0.15) is 31.0 Å². The normalized spacial score (nSPS) is 21.8. The van der Waals surface area contributed by atoms with Crippen LogP contribution in [-0.2, 0) is 11.2 Å². The Morgan fingerprint density at radius 1 is 1.52 bits per heavy atom. The molecule has 1 fully saturated rings. The lowest BCUT2D eigenvalue weighted by Crippen LogP contribution is -2.50. The molecule has 1 aliphatic heterocycles.